The lowest BCUT2D eigenvalue weighted by Crippen LogP contribution is -2.20. The molecule has 3 aromatic rings. The fraction of sp³-hybridized carbons (Fsp3) is 0.0526. The van der Waals surface area contributed by atoms with Gasteiger partial charge in [-0.15, -0.1) is 0 Å². The summed E-state index contributed by atoms with van der Waals surface area (Å²) < 4.78 is 93.8. The van der Waals surface area contributed by atoms with Crippen LogP contribution in [0.3, 0.4) is 0 Å². The van der Waals surface area contributed by atoms with Gasteiger partial charge in [-0.05, 0) is 52.1 Å². The van der Waals surface area contributed by atoms with Crippen molar-refractivity contribution in [1.29, 1.82) is 26.3 Å². The van der Waals surface area contributed by atoms with Crippen LogP contribution >= 0.6 is 0 Å². The van der Waals surface area contributed by atoms with Gasteiger partial charge in [-0.3, -0.25) is 4.85 Å². The van der Waals surface area contributed by atoms with Crippen molar-refractivity contribution in [3.8, 4) is 30.3 Å². The van der Waals surface area contributed by atoms with E-state index >= 15 is 26.3 Å². The van der Waals surface area contributed by atoms with E-state index in [1.165, 1.54) is 12.1 Å². The molecule has 10 nitrogen and oxygen atoms in total. The number of nitriles is 5. The molecule has 0 spiro atoms. The Morgan fingerprint density at radius 1 is 0.519 bits per heavy atom. The summed E-state index contributed by atoms with van der Waals surface area (Å²) in [5.41, 5.74) is -21.3. The second-order valence-electron chi connectivity index (χ2n) is 10.8. The Hall–Kier alpha value is -8.90. The number of benzene rings is 3. The highest BCUT2D eigenvalue weighted by atomic mass is 19.4. The first-order chi connectivity index (χ1) is 25.6. The molecule has 0 heterocycles. The lowest BCUT2D eigenvalue weighted by Gasteiger charge is -2.26. The van der Waals surface area contributed by atoms with Crippen LogP contribution in [0.1, 0.15) is 55.6 Å². The molecule has 0 saturated heterocycles. The van der Waals surface area contributed by atoms with Crippen molar-refractivity contribution in [3.05, 3.63) is 160 Å². The SMILES string of the molecule is [C-]#[N+]C1=C([N+]#[C-])c2c(c(C(F)(F)F)c3c(c2C(F)(F)F)C(C#N)=C(C#N)/C3=C(\C#N)c2cc(C#N)cc([N+]#[C-])c2)C1=C([N+]#[C-])c1cc(C#N)cc([N+]#[C-])c1. The van der Waals surface area contributed by atoms with Crippen molar-refractivity contribution in [3.63, 3.8) is 0 Å². The Balaban J connectivity index is 2.24. The summed E-state index contributed by atoms with van der Waals surface area (Å²) in [6.07, 6.45) is -11.5. The molecule has 0 unspecified atom stereocenters. The number of rotatable bonds is 2. The molecule has 250 valence electrons. The first kappa shape index (κ1) is 36.4. The largest absolute Gasteiger partial charge is 0.417 e. The van der Waals surface area contributed by atoms with Crippen LogP contribution in [-0.4, -0.2) is 0 Å². The predicted octanol–water partition coefficient (Wildman–Crippen LogP) is 10.1. The van der Waals surface area contributed by atoms with Crippen molar-refractivity contribution < 1.29 is 26.3 Å². The van der Waals surface area contributed by atoms with Gasteiger partial charge in [0.15, 0.2) is 22.8 Å². The number of hydrogen-bond acceptors (Lipinski definition) is 5. The highest BCUT2D eigenvalue weighted by molar-refractivity contribution is 6.21. The topological polar surface area (TPSA) is 141 Å². The van der Waals surface area contributed by atoms with Gasteiger partial charge in [0.05, 0.1) is 72.8 Å². The van der Waals surface area contributed by atoms with Crippen LogP contribution in [0.4, 0.5) is 37.7 Å². The lowest BCUT2D eigenvalue weighted by atomic mass is 9.81. The number of alkyl halides is 6. The highest BCUT2D eigenvalue weighted by Gasteiger charge is 2.53. The van der Waals surface area contributed by atoms with Gasteiger partial charge in [0, 0.05) is 27.8 Å². The zero-order valence-electron chi connectivity index (χ0n) is 26.2. The van der Waals surface area contributed by atoms with E-state index in [1.807, 2.05) is 0 Å². The molecule has 0 amide bonds. The molecule has 0 fully saturated rings. The Morgan fingerprint density at radius 2 is 1.00 bits per heavy atom. The van der Waals surface area contributed by atoms with Crippen LogP contribution in [0.2, 0.25) is 0 Å². The van der Waals surface area contributed by atoms with Crippen molar-refractivity contribution >= 4 is 45.1 Å². The second kappa shape index (κ2) is 13.1. The number of hydrogen-bond donors (Lipinski definition) is 0. The lowest BCUT2D eigenvalue weighted by molar-refractivity contribution is -0.141. The molecule has 3 aromatic carbocycles. The normalized spacial score (nSPS) is 14.6. The van der Waals surface area contributed by atoms with Crippen LogP contribution in [0.5, 0.6) is 0 Å². The standard InChI is InChI=1S/C38H6F6N10/c1-50-21-8-17(12-45)6-19(10-21)23(14-47)26-24(15-48)25(16-49)27-28(26)33(38(42,43)44)29-30(32(27)37(39,40)41)35(53-4)36(54-5)31(29)34(52-3)20-7-18(13-46)9-22(11-20)51-2/h6-11H/b26-23-,34-31?. The molecule has 2 aliphatic carbocycles. The second-order valence-corrected chi connectivity index (χ2v) is 10.8. The highest BCUT2D eigenvalue weighted by Crippen LogP contribution is 2.61. The molecule has 5 rings (SSSR count). The van der Waals surface area contributed by atoms with Crippen molar-refractivity contribution in [2.45, 2.75) is 12.4 Å². The van der Waals surface area contributed by atoms with Gasteiger partial charge in [-0.25, -0.2) is 19.4 Å². The molecule has 0 saturated carbocycles. The third kappa shape index (κ3) is 5.39. The van der Waals surface area contributed by atoms with Crippen molar-refractivity contribution in [2.75, 3.05) is 0 Å². The van der Waals surface area contributed by atoms with Crippen LogP contribution < -0.4 is 0 Å². The van der Waals surface area contributed by atoms with Gasteiger partial charge in [0.25, 0.3) is 0 Å². The maximum atomic E-state index is 15.8. The molecular weight excluding hydrogens is 710 g/mol. The van der Waals surface area contributed by atoms with Crippen LogP contribution in [-0.2, 0) is 12.4 Å². The van der Waals surface area contributed by atoms with Gasteiger partial charge >= 0.3 is 12.4 Å². The summed E-state index contributed by atoms with van der Waals surface area (Å²) in [5.74, 6) is 0. The fourth-order valence-electron chi connectivity index (χ4n) is 6.25. The fourth-order valence-corrected chi connectivity index (χ4v) is 6.25. The van der Waals surface area contributed by atoms with E-state index in [9.17, 15) is 26.3 Å². The average molecular weight is 717 g/mol. The molecule has 0 atom stereocenters. The zero-order chi connectivity index (χ0) is 39.9. The Bertz CT molecular complexity index is 2650. The maximum absolute atomic E-state index is 15.8. The quantitative estimate of drug-likeness (QED) is 0.147. The zero-order valence-corrected chi connectivity index (χ0v) is 26.2. The minimum absolute atomic E-state index is 0.290. The molecular formula is C38H6F6N10. The summed E-state index contributed by atoms with van der Waals surface area (Å²) in [5, 5.41) is 49.9. The van der Waals surface area contributed by atoms with Gasteiger partial charge in [-0.2, -0.15) is 52.7 Å². The molecule has 0 N–H and O–H groups in total. The molecule has 0 aliphatic heterocycles. The minimum atomic E-state index is -5.79. The van der Waals surface area contributed by atoms with Crippen molar-refractivity contribution in [1.82, 2.24) is 0 Å². The molecule has 0 radical (unpaired) electrons. The van der Waals surface area contributed by atoms with E-state index in [2.05, 4.69) is 24.2 Å². The van der Waals surface area contributed by atoms with E-state index in [-0.39, 0.29) is 22.5 Å². The summed E-state index contributed by atoms with van der Waals surface area (Å²) in [6.45, 7) is 38.3. The molecule has 2 aliphatic rings. The van der Waals surface area contributed by atoms with Gasteiger partial charge in [0.1, 0.15) is 18.2 Å². The van der Waals surface area contributed by atoms with E-state index in [1.54, 1.807) is 18.2 Å². The average Bonchev–Trinajstić information content (AvgIpc) is 3.64. The number of allylic oxidation sites excluding steroid dienone is 5. The Kier molecular flexibility index (Phi) is 8.82. The van der Waals surface area contributed by atoms with Gasteiger partial charge < -0.3 is 0 Å². The molecule has 54 heavy (non-hydrogen) atoms. The van der Waals surface area contributed by atoms with Crippen LogP contribution in [0.25, 0.3) is 57.9 Å². The number of halogens is 6. The predicted molar refractivity (Wildman–Crippen MR) is 175 cm³/mol. The maximum Gasteiger partial charge on any atom is 0.417 e. The smallest absolute Gasteiger partial charge is 0.251 e. The molecule has 0 bridgehead atoms. The first-order valence-corrected chi connectivity index (χ1v) is 14.2. The Morgan fingerprint density at radius 3 is 1.43 bits per heavy atom. The number of fused-ring (bicyclic) bond motifs is 2. The van der Waals surface area contributed by atoms with Crippen molar-refractivity contribution in [2.24, 2.45) is 0 Å². The molecule has 16 heteroatoms. The van der Waals surface area contributed by atoms with E-state index < -0.39 is 102 Å². The van der Waals surface area contributed by atoms with Crippen LogP contribution in [0, 0.1) is 89.5 Å². The summed E-state index contributed by atoms with van der Waals surface area (Å²) in [4.78, 5) is 15.6. The minimum Gasteiger partial charge on any atom is -0.251 e. The third-order valence-corrected chi connectivity index (χ3v) is 8.09. The third-order valence-electron chi connectivity index (χ3n) is 8.09. The van der Waals surface area contributed by atoms with Crippen LogP contribution in [0.15, 0.2) is 47.7 Å². The van der Waals surface area contributed by atoms with E-state index in [0.717, 1.165) is 36.4 Å². The summed E-state index contributed by atoms with van der Waals surface area (Å²) >= 11 is 0. The first-order valence-electron chi connectivity index (χ1n) is 14.2. The van der Waals surface area contributed by atoms with E-state index in [0.29, 0.717) is 0 Å². The molecule has 0 aromatic heterocycles. The summed E-state index contributed by atoms with van der Waals surface area (Å²) in [6, 6.07) is 13.5. The van der Waals surface area contributed by atoms with Gasteiger partial charge in [0.2, 0.25) is 5.70 Å². The monoisotopic (exact) mass is 716 g/mol. The summed E-state index contributed by atoms with van der Waals surface area (Å²) in [7, 11) is 0. The Labute approximate surface area is 300 Å². The van der Waals surface area contributed by atoms with E-state index in [4.69, 9.17) is 32.9 Å². The van der Waals surface area contributed by atoms with Gasteiger partial charge in [-0.1, -0.05) is 12.1 Å². The number of nitrogens with zero attached hydrogens (tertiary/aromatic N) is 10.